The van der Waals surface area contributed by atoms with Crippen LogP contribution in [0.1, 0.15) is 38.4 Å². The number of hydrogen-bond acceptors (Lipinski definition) is 8. The highest BCUT2D eigenvalue weighted by atomic mass is 127. The average molecular weight is 517 g/mol. The fourth-order valence-corrected chi connectivity index (χ4v) is 3.67. The fourth-order valence-electron chi connectivity index (χ4n) is 2.23. The van der Waals surface area contributed by atoms with E-state index in [1.807, 2.05) is 24.4 Å². The van der Waals surface area contributed by atoms with E-state index in [0.29, 0.717) is 36.4 Å². The number of hydrogen-bond donors (Lipinski definition) is 1. The topological polar surface area (TPSA) is 82.0 Å². The molecule has 2 aromatic rings. The molecule has 0 spiro atoms. The van der Waals surface area contributed by atoms with Gasteiger partial charge in [-0.2, -0.15) is 5.10 Å². The highest BCUT2D eigenvalue weighted by molar-refractivity contribution is 14.1. The molecule has 0 fully saturated rings. The van der Waals surface area contributed by atoms with Gasteiger partial charge < -0.3 is 14.2 Å². The van der Waals surface area contributed by atoms with Crippen LogP contribution < -0.4 is 14.9 Å². The zero-order valence-electron chi connectivity index (χ0n) is 16.2. The summed E-state index contributed by atoms with van der Waals surface area (Å²) in [6.07, 6.45) is 2.78. The molecule has 0 aliphatic heterocycles. The van der Waals surface area contributed by atoms with Crippen molar-refractivity contribution in [2.24, 2.45) is 5.10 Å². The Labute approximate surface area is 182 Å². The van der Waals surface area contributed by atoms with Crippen molar-refractivity contribution in [2.75, 3.05) is 25.2 Å². The molecule has 9 heteroatoms. The predicted molar refractivity (Wildman–Crippen MR) is 120 cm³/mol. The Morgan fingerprint density at radius 1 is 1.29 bits per heavy atom. The lowest BCUT2D eigenvalue weighted by Gasteiger charge is -2.14. The number of carbonyl (C=O) groups excluding carboxylic acids is 1. The minimum absolute atomic E-state index is 0.158. The van der Waals surface area contributed by atoms with E-state index < -0.39 is 0 Å². The Kier molecular flexibility index (Phi) is 9.48. The van der Waals surface area contributed by atoms with Gasteiger partial charge in [0.1, 0.15) is 0 Å². The van der Waals surface area contributed by atoms with E-state index in [-0.39, 0.29) is 12.4 Å². The van der Waals surface area contributed by atoms with Gasteiger partial charge in [0.2, 0.25) is 5.13 Å². The van der Waals surface area contributed by atoms with Crippen LogP contribution in [0.15, 0.2) is 22.6 Å². The maximum Gasteiger partial charge on any atom is 0.311 e. The predicted octanol–water partition coefficient (Wildman–Crippen LogP) is 4.49. The normalized spacial score (nSPS) is 10.9. The van der Waals surface area contributed by atoms with Crippen LogP contribution in [0.2, 0.25) is 0 Å². The van der Waals surface area contributed by atoms with Crippen molar-refractivity contribution in [3.8, 4) is 11.5 Å². The van der Waals surface area contributed by atoms with Gasteiger partial charge in [-0.3, -0.25) is 10.2 Å². The van der Waals surface area contributed by atoms with Gasteiger partial charge in [0.05, 0.1) is 41.7 Å². The molecule has 0 aliphatic carbocycles. The summed E-state index contributed by atoms with van der Waals surface area (Å²) in [6, 6.07) is 3.88. The molecular formula is C19H24IN3O4S. The van der Waals surface area contributed by atoms with Crippen LogP contribution in [0.3, 0.4) is 0 Å². The van der Waals surface area contributed by atoms with E-state index >= 15 is 0 Å². The zero-order chi connectivity index (χ0) is 20.4. The first-order valence-electron chi connectivity index (χ1n) is 9.05. The third-order valence-corrected chi connectivity index (χ3v) is 4.94. The van der Waals surface area contributed by atoms with E-state index in [1.165, 1.54) is 11.3 Å². The van der Waals surface area contributed by atoms with Crippen molar-refractivity contribution in [1.82, 2.24) is 4.98 Å². The van der Waals surface area contributed by atoms with Crippen LogP contribution in [-0.2, 0) is 16.0 Å². The molecule has 0 radical (unpaired) electrons. The van der Waals surface area contributed by atoms with Crippen molar-refractivity contribution in [1.29, 1.82) is 0 Å². The van der Waals surface area contributed by atoms with Crippen LogP contribution in [0.5, 0.6) is 11.5 Å². The van der Waals surface area contributed by atoms with Gasteiger partial charge in [-0.15, -0.1) is 11.3 Å². The third-order valence-electron chi connectivity index (χ3n) is 3.34. The van der Waals surface area contributed by atoms with Crippen LogP contribution in [0, 0.1) is 3.57 Å². The number of thiazole rings is 1. The molecule has 2 rings (SSSR count). The summed E-state index contributed by atoms with van der Waals surface area (Å²) < 4.78 is 17.4. The quantitative estimate of drug-likeness (QED) is 0.205. The minimum atomic E-state index is -0.286. The molecule has 1 heterocycles. The fraction of sp³-hybridized carbons (Fsp3) is 0.421. The first-order valence-corrected chi connectivity index (χ1v) is 11.0. The number of rotatable bonds is 11. The van der Waals surface area contributed by atoms with Gasteiger partial charge in [0, 0.05) is 5.38 Å². The van der Waals surface area contributed by atoms with Crippen molar-refractivity contribution in [3.05, 3.63) is 32.3 Å². The summed E-state index contributed by atoms with van der Waals surface area (Å²) in [5, 5.41) is 6.65. The highest BCUT2D eigenvalue weighted by Gasteiger charge is 2.12. The summed E-state index contributed by atoms with van der Waals surface area (Å²) in [5.74, 6) is 1.18. The van der Waals surface area contributed by atoms with E-state index in [0.717, 1.165) is 21.3 Å². The minimum Gasteiger partial charge on any atom is -0.490 e. The molecule has 28 heavy (non-hydrogen) atoms. The summed E-state index contributed by atoms with van der Waals surface area (Å²) in [5.41, 5.74) is 4.43. The second kappa shape index (κ2) is 11.8. The van der Waals surface area contributed by atoms with E-state index in [2.05, 4.69) is 45.0 Å². The zero-order valence-corrected chi connectivity index (χ0v) is 19.1. The van der Waals surface area contributed by atoms with Gasteiger partial charge >= 0.3 is 5.97 Å². The largest absolute Gasteiger partial charge is 0.490 e. The Bertz CT molecular complexity index is 810. The molecule has 152 valence electrons. The molecule has 7 nitrogen and oxygen atoms in total. The van der Waals surface area contributed by atoms with Crippen LogP contribution in [-0.4, -0.2) is 37.0 Å². The van der Waals surface area contributed by atoms with E-state index in [4.69, 9.17) is 14.2 Å². The Morgan fingerprint density at radius 2 is 2.11 bits per heavy atom. The van der Waals surface area contributed by atoms with Crippen molar-refractivity contribution in [3.63, 3.8) is 0 Å². The van der Waals surface area contributed by atoms with E-state index in [9.17, 15) is 4.79 Å². The van der Waals surface area contributed by atoms with Gasteiger partial charge in [-0.1, -0.05) is 6.92 Å². The van der Waals surface area contributed by atoms with E-state index in [1.54, 1.807) is 13.1 Å². The molecule has 1 N–H and O–H groups in total. The maximum absolute atomic E-state index is 11.5. The Hall–Kier alpha value is -1.88. The lowest BCUT2D eigenvalue weighted by atomic mass is 10.2. The Balaban J connectivity index is 2.03. The number of esters is 1. The van der Waals surface area contributed by atoms with Crippen LogP contribution >= 0.6 is 33.9 Å². The smallest absolute Gasteiger partial charge is 0.311 e. The Morgan fingerprint density at radius 3 is 2.82 bits per heavy atom. The second-order valence-corrected chi connectivity index (χ2v) is 7.63. The number of nitrogens with zero attached hydrogens (tertiary/aromatic N) is 2. The molecule has 0 saturated carbocycles. The van der Waals surface area contributed by atoms with Crippen molar-refractivity contribution >= 4 is 51.2 Å². The van der Waals surface area contributed by atoms with Gasteiger partial charge in [0.15, 0.2) is 11.5 Å². The third kappa shape index (κ3) is 6.93. The van der Waals surface area contributed by atoms with Crippen molar-refractivity contribution < 1.29 is 19.0 Å². The molecule has 1 aromatic heterocycles. The van der Waals surface area contributed by atoms with Crippen molar-refractivity contribution in [2.45, 2.75) is 33.6 Å². The second-order valence-electron chi connectivity index (χ2n) is 5.61. The number of aromatic nitrogens is 1. The number of nitrogens with one attached hydrogen (secondary N) is 1. The summed E-state index contributed by atoms with van der Waals surface area (Å²) >= 11 is 3.62. The standard InChI is InChI=1S/C19H24IN3O4S/c1-4-7-27-18-15(20)8-13(9-16(18)25-5-2)11-21-23-19-22-14(12-28-19)10-17(24)26-6-3/h8-9,11-12H,4-7,10H2,1-3H3,(H,22,23). The molecular weight excluding hydrogens is 493 g/mol. The summed E-state index contributed by atoms with van der Waals surface area (Å²) in [6.45, 7) is 7.35. The molecule has 0 amide bonds. The number of carbonyl (C=O) groups is 1. The van der Waals surface area contributed by atoms with Gasteiger partial charge in [0.25, 0.3) is 0 Å². The highest BCUT2D eigenvalue weighted by Crippen LogP contribution is 2.34. The maximum atomic E-state index is 11.5. The summed E-state index contributed by atoms with van der Waals surface area (Å²) in [4.78, 5) is 15.8. The number of anilines is 1. The molecule has 0 atom stereocenters. The SMILES string of the molecule is CCCOc1c(I)cc(C=NNc2nc(CC(=O)OCC)cs2)cc1OCC. The van der Waals surface area contributed by atoms with Crippen LogP contribution in [0.25, 0.3) is 0 Å². The molecule has 0 saturated heterocycles. The number of ether oxygens (including phenoxy) is 3. The lowest BCUT2D eigenvalue weighted by Crippen LogP contribution is -2.07. The average Bonchev–Trinajstić information content (AvgIpc) is 3.08. The first kappa shape index (κ1) is 22.4. The molecule has 0 bridgehead atoms. The monoisotopic (exact) mass is 517 g/mol. The molecule has 0 unspecified atom stereocenters. The van der Waals surface area contributed by atoms with Gasteiger partial charge in [-0.25, -0.2) is 4.98 Å². The molecule has 0 aliphatic rings. The lowest BCUT2D eigenvalue weighted by molar-refractivity contribution is -0.142. The van der Waals surface area contributed by atoms with Crippen LogP contribution in [0.4, 0.5) is 5.13 Å². The number of halogens is 1. The summed E-state index contributed by atoms with van der Waals surface area (Å²) in [7, 11) is 0. The van der Waals surface area contributed by atoms with Gasteiger partial charge in [-0.05, 0) is 60.6 Å². The first-order chi connectivity index (χ1) is 13.6. The molecule has 1 aromatic carbocycles. The number of benzene rings is 1. The number of hydrazone groups is 1.